The topological polar surface area (TPSA) is 114 Å². The predicted molar refractivity (Wildman–Crippen MR) is 77.2 cm³/mol. The van der Waals surface area contributed by atoms with Gasteiger partial charge >= 0.3 is 0 Å². The maximum Gasteiger partial charge on any atom is 0.216 e. The first-order valence-electron chi connectivity index (χ1n) is 5.61. The smallest absolute Gasteiger partial charge is 0.216 e. The van der Waals surface area contributed by atoms with E-state index in [-0.39, 0.29) is 17.8 Å². The molecule has 1 heterocycles. The van der Waals surface area contributed by atoms with Crippen molar-refractivity contribution in [1.29, 1.82) is 10.5 Å². The molecule has 0 radical (unpaired) electrons. The number of hydrogen-bond acceptors (Lipinski definition) is 6. The Kier molecular flexibility index (Phi) is 4.72. The molecule has 0 unspecified atom stereocenters. The number of nitriles is 2. The van der Waals surface area contributed by atoms with Crippen molar-refractivity contribution in [2.45, 2.75) is 6.42 Å². The van der Waals surface area contributed by atoms with Gasteiger partial charge in [-0.15, -0.1) is 10.2 Å². The van der Waals surface area contributed by atoms with E-state index in [9.17, 15) is 0 Å². The van der Waals surface area contributed by atoms with Crippen molar-refractivity contribution in [3.63, 3.8) is 0 Å². The van der Waals surface area contributed by atoms with Gasteiger partial charge in [0, 0.05) is 6.20 Å². The number of aromatic amines is 1. The lowest BCUT2D eigenvalue weighted by Gasteiger charge is -2.08. The summed E-state index contributed by atoms with van der Waals surface area (Å²) in [5, 5.41) is 34.3. The Labute approximate surface area is 129 Å². The number of tetrazole rings is 1. The number of anilines is 1. The van der Waals surface area contributed by atoms with Crippen LogP contribution in [0.25, 0.3) is 5.57 Å². The largest absolute Gasteiger partial charge is 0.358 e. The summed E-state index contributed by atoms with van der Waals surface area (Å²) in [4.78, 5) is 0. The van der Waals surface area contributed by atoms with Crippen LogP contribution in [-0.2, 0) is 6.42 Å². The number of H-pyrrole nitrogens is 1. The standard InChI is InChI=1S/C12H7Cl2N7/c13-9-3-7(1-2-15)4-10(14)11(9)17-6-8(5-16)12-18-20-21-19-12/h3-4,6,17H,1H2,(H,18,19,20,21). The van der Waals surface area contributed by atoms with Crippen LogP contribution in [0.4, 0.5) is 5.69 Å². The SMILES string of the molecule is N#CCc1cc(Cl)c(NC=C(C#N)c2nn[nH]n2)c(Cl)c1. The molecule has 0 saturated carbocycles. The molecule has 0 amide bonds. The first-order chi connectivity index (χ1) is 10.2. The lowest BCUT2D eigenvalue weighted by molar-refractivity contribution is 0.881. The lowest BCUT2D eigenvalue weighted by Crippen LogP contribution is -1.95. The monoisotopic (exact) mass is 319 g/mol. The summed E-state index contributed by atoms with van der Waals surface area (Å²) < 4.78 is 0. The van der Waals surface area contributed by atoms with Gasteiger partial charge in [0.25, 0.3) is 0 Å². The van der Waals surface area contributed by atoms with Crippen LogP contribution >= 0.6 is 23.2 Å². The molecule has 104 valence electrons. The van der Waals surface area contributed by atoms with Gasteiger partial charge in [-0.3, -0.25) is 0 Å². The minimum atomic E-state index is 0.151. The fraction of sp³-hybridized carbons (Fsp3) is 0.0833. The zero-order valence-electron chi connectivity index (χ0n) is 10.4. The first-order valence-corrected chi connectivity index (χ1v) is 6.36. The quantitative estimate of drug-likeness (QED) is 0.837. The normalized spacial score (nSPS) is 10.8. The highest BCUT2D eigenvalue weighted by Gasteiger charge is 2.10. The van der Waals surface area contributed by atoms with Gasteiger partial charge in [0.15, 0.2) is 0 Å². The average molecular weight is 320 g/mol. The molecule has 0 bridgehead atoms. The fourth-order valence-corrected chi connectivity index (χ4v) is 2.17. The number of allylic oxidation sites excluding steroid dienone is 1. The van der Waals surface area contributed by atoms with Crippen LogP contribution in [0.5, 0.6) is 0 Å². The molecule has 1 aromatic carbocycles. The van der Waals surface area contributed by atoms with E-state index in [4.69, 9.17) is 33.7 Å². The van der Waals surface area contributed by atoms with Gasteiger partial charge in [0.2, 0.25) is 5.82 Å². The highest BCUT2D eigenvalue weighted by atomic mass is 35.5. The van der Waals surface area contributed by atoms with Gasteiger partial charge in [-0.1, -0.05) is 23.2 Å². The molecule has 0 aliphatic heterocycles. The van der Waals surface area contributed by atoms with E-state index in [1.165, 1.54) is 6.20 Å². The van der Waals surface area contributed by atoms with Crippen molar-refractivity contribution < 1.29 is 0 Å². The summed E-state index contributed by atoms with van der Waals surface area (Å²) in [7, 11) is 0. The van der Waals surface area contributed by atoms with Gasteiger partial charge in [0.05, 0.1) is 28.2 Å². The van der Waals surface area contributed by atoms with Crippen LogP contribution < -0.4 is 5.32 Å². The van der Waals surface area contributed by atoms with E-state index < -0.39 is 0 Å². The zero-order chi connectivity index (χ0) is 15.2. The summed E-state index contributed by atoms with van der Waals surface area (Å²) in [6.07, 6.45) is 1.59. The number of nitrogens with one attached hydrogen (secondary N) is 2. The van der Waals surface area contributed by atoms with Crippen LogP contribution in [-0.4, -0.2) is 20.6 Å². The molecule has 21 heavy (non-hydrogen) atoms. The Morgan fingerprint density at radius 3 is 2.57 bits per heavy atom. The van der Waals surface area contributed by atoms with Gasteiger partial charge in [-0.2, -0.15) is 15.7 Å². The van der Waals surface area contributed by atoms with Crippen molar-refractivity contribution in [2.75, 3.05) is 5.32 Å². The Morgan fingerprint density at radius 1 is 1.33 bits per heavy atom. The van der Waals surface area contributed by atoms with Crippen molar-refractivity contribution in [3.8, 4) is 12.1 Å². The van der Waals surface area contributed by atoms with Crippen molar-refractivity contribution in [3.05, 3.63) is 39.8 Å². The Bertz CT molecular complexity index is 730. The predicted octanol–water partition coefficient (Wildman–Crippen LogP) is 2.55. The number of halogens is 2. The summed E-state index contributed by atoms with van der Waals surface area (Å²) in [5.41, 5.74) is 1.30. The summed E-state index contributed by atoms with van der Waals surface area (Å²) in [6, 6.07) is 7.21. The maximum atomic E-state index is 9.05. The third kappa shape index (κ3) is 3.48. The second-order valence-corrected chi connectivity index (χ2v) is 4.63. The molecule has 2 N–H and O–H groups in total. The molecule has 0 spiro atoms. The fourth-order valence-electron chi connectivity index (χ4n) is 1.52. The second-order valence-electron chi connectivity index (χ2n) is 3.82. The molecule has 0 atom stereocenters. The third-order valence-electron chi connectivity index (χ3n) is 2.45. The van der Waals surface area contributed by atoms with Crippen LogP contribution in [0.2, 0.25) is 10.0 Å². The van der Waals surface area contributed by atoms with Crippen LogP contribution in [0, 0.1) is 22.7 Å². The number of nitrogens with zero attached hydrogens (tertiary/aromatic N) is 5. The van der Waals surface area contributed by atoms with Crippen LogP contribution in [0.1, 0.15) is 11.4 Å². The molecular formula is C12H7Cl2N7. The first kappa shape index (κ1) is 14.8. The molecule has 0 fully saturated rings. The van der Waals surface area contributed by atoms with Gasteiger partial charge in [-0.25, -0.2) is 0 Å². The van der Waals surface area contributed by atoms with E-state index in [2.05, 4.69) is 25.9 Å². The molecular weight excluding hydrogens is 313 g/mol. The van der Waals surface area contributed by atoms with Gasteiger partial charge in [0.1, 0.15) is 11.6 Å². The van der Waals surface area contributed by atoms with Crippen molar-refractivity contribution in [2.24, 2.45) is 0 Å². The van der Waals surface area contributed by atoms with Crippen LogP contribution in [0.3, 0.4) is 0 Å². The van der Waals surface area contributed by atoms with E-state index >= 15 is 0 Å². The van der Waals surface area contributed by atoms with E-state index in [0.29, 0.717) is 21.3 Å². The third-order valence-corrected chi connectivity index (χ3v) is 3.05. The number of benzene rings is 1. The molecule has 9 heteroatoms. The van der Waals surface area contributed by atoms with Gasteiger partial charge in [-0.05, 0) is 22.9 Å². The van der Waals surface area contributed by atoms with E-state index in [0.717, 1.165) is 0 Å². The minimum absolute atomic E-state index is 0.151. The molecule has 0 aliphatic rings. The number of hydrogen-bond donors (Lipinski definition) is 2. The second kappa shape index (κ2) is 6.71. The highest BCUT2D eigenvalue weighted by Crippen LogP contribution is 2.32. The number of rotatable bonds is 4. The average Bonchev–Trinajstić information content (AvgIpc) is 2.96. The van der Waals surface area contributed by atoms with Gasteiger partial charge < -0.3 is 5.32 Å². The molecule has 0 saturated heterocycles. The maximum absolute atomic E-state index is 9.05. The number of aromatic nitrogens is 4. The van der Waals surface area contributed by atoms with Crippen LogP contribution in [0.15, 0.2) is 18.3 Å². The molecule has 2 aromatic rings. The highest BCUT2D eigenvalue weighted by molar-refractivity contribution is 6.39. The van der Waals surface area contributed by atoms with Crippen molar-refractivity contribution in [1.82, 2.24) is 20.6 Å². The summed E-state index contributed by atoms with van der Waals surface area (Å²) >= 11 is 12.2. The van der Waals surface area contributed by atoms with Crippen molar-refractivity contribution >= 4 is 34.5 Å². The minimum Gasteiger partial charge on any atom is -0.358 e. The molecule has 1 aromatic heterocycles. The summed E-state index contributed by atoms with van der Waals surface area (Å²) in [6.45, 7) is 0. The summed E-state index contributed by atoms with van der Waals surface area (Å²) in [5.74, 6) is 0.151. The Morgan fingerprint density at radius 2 is 2.05 bits per heavy atom. The molecule has 0 aliphatic carbocycles. The van der Waals surface area contributed by atoms with E-state index in [1.54, 1.807) is 12.1 Å². The lowest BCUT2D eigenvalue weighted by atomic mass is 10.1. The zero-order valence-corrected chi connectivity index (χ0v) is 11.9. The molecule has 7 nitrogen and oxygen atoms in total. The molecule has 2 rings (SSSR count). The Balaban J connectivity index is 2.28. The Hall–Kier alpha value is -2.61. The van der Waals surface area contributed by atoms with E-state index in [1.807, 2.05) is 12.1 Å².